The smallest absolute Gasteiger partial charge is 0.255 e. The second-order valence-corrected chi connectivity index (χ2v) is 6.20. The van der Waals surface area contributed by atoms with Crippen LogP contribution in [0, 0.1) is 11.3 Å². The SMILES string of the molecule is N#Cc1ccc(NC(=O)[C@@H]2CSCN2C(=O)c2ccncc2)cc1. The summed E-state index contributed by atoms with van der Waals surface area (Å²) in [4.78, 5) is 30.6. The molecule has 1 aliphatic heterocycles. The molecule has 0 unspecified atom stereocenters. The van der Waals surface area contributed by atoms with E-state index in [2.05, 4.69) is 10.3 Å². The van der Waals surface area contributed by atoms with Crippen molar-refractivity contribution in [1.29, 1.82) is 5.26 Å². The Bertz CT molecular complexity index is 786. The van der Waals surface area contributed by atoms with Gasteiger partial charge in [-0.25, -0.2) is 0 Å². The molecule has 0 radical (unpaired) electrons. The monoisotopic (exact) mass is 338 g/mol. The number of hydrogen-bond donors (Lipinski definition) is 1. The second kappa shape index (κ2) is 7.15. The highest BCUT2D eigenvalue weighted by Gasteiger charge is 2.35. The van der Waals surface area contributed by atoms with E-state index in [1.54, 1.807) is 65.5 Å². The molecule has 24 heavy (non-hydrogen) atoms. The zero-order valence-corrected chi connectivity index (χ0v) is 13.5. The van der Waals surface area contributed by atoms with Crippen molar-refractivity contribution in [3.63, 3.8) is 0 Å². The molecule has 1 atom stereocenters. The number of nitrogens with zero attached hydrogens (tertiary/aromatic N) is 3. The number of anilines is 1. The van der Waals surface area contributed by atoms with Crippen LogP contribution in [0.2, 0.25) is 0 Å². The number of aromatic nitrogens is 1. The van der Waals surface area contributed by atoms with Crippen LogP contribution in [0.1, 0.15) is 15.9 Å². The Morgan fingerprint density at radius 3 is 2.58 bits per heavy atom. The van der Waals surface area contributed by atoms with E-state index < -0.39 is 6.04 Å². The van der Waals surface area contributed by atoms with E-state index in [1.165, 1.54) is 0 Å². The van der Waals surface area contributed by atoms with E-state index in [4.69, 9.17) is 5.26 Å². The Morgan fingerprint density at radius 2 is 1.92 bits per heavy atom. The van der Waals surface area contributed by atoms with Gasteiger partial charge >= 0.3 is 0 Å². The Balaban J connectivity index is 1.71. The molecule has 2 heterocycles. The van der Waals surface area contributed by atoms with Gasteiger partial charge in [-0.05, 0) is 36.4 Å². The van der Waals surface area contributed by atoms with Gasteiger partial charge in [0.1, 0.15) is 6.04 Å². The maximum Gasteiger partial charge on any atom is 0.255 e. The molecular formula is C17H14N4O2S. The number of pyridine rings is 1. The summed E-state index contributed by atoms with van der Waals surface area (Å²) in [6.07, 6.45) is 3.12. The van der Waals surface area contributed by atoms with Gasteiger partial charge in [0.2, 0.25) is 5.91 Å². The molecular weight excluding hydrogens is 324 g/mol. The molecule has 1 aromatic carbocycles. The van der Waals surface area contributed by atoms with Gasteiger partial charge in [0.05, 0.1) is 17.5 Å². The highest BCUT2D eigenvalue weighted by molar-refractivity contribution is 7.99. The summed E-state index contributed by atoms with van der Waals surface area (Å²) in [6.45, 7) is 0. The number of nitriles is 1. The van der Waals surface area contributed by atoms with Crippen LogP contribution in [0.3, 0.4) is 0 Å². The van der Waals surface area contributed by atoms with Crippen molar-refractivity contribution in [2.24, 2.45) is 0 Å². The number of carbonyl (C=O) groups excluding carboxylic acids is 2. The van der Waals surface area contributed by atoms with Crippen LogP contribution in [-0.4, -0.2) is 39.4 Å². The van der Waals surface area contributed by atoms with Crippen molar-refractivity contribution in [3.05, 3.63) is 59.9 Å². The largest absolute Gasteiger partial charge is 0.324 e. The van der Waals surface area contributed by atoms with Crippen LogP contribution in [-0.2, 0) is 4.79 Å². The fourth-order valence-corrected chi connectivity index (χ4v) is 3.53. The van der Waals surface area contributed by atoms with Crippen LogP contribution in [0.25, 0.3) is 0 Å². The lowest BCUT2D eigenvalue weighted by Gasteiger charge is -2.23. The lowest BCUT2D eigenvalue weighted by molar-refractivity contribution is -0.119. The first-order valence-corrected chi connectivity index (χ1v) is 8.44. The first-order chi connectivity index (χ1) is 11.7. The second-order valence-electron chi connectivity index (χ2n) is 5.20. The van der Waals surface area contributed by atoms with Gasteiger partial charge in [-0.2, -0.15) is 5.26 Å². The quantitative estimate of drug-likeness (QED) is 0.926. The number of thioether (sulfide) groups is 1. The number of amides is 2. The van der Waals surface area contributed by atoms with Crippen LogP contribution >= 0.6 is 11.8 Å². The van der Waals surface area contributed by atoms with E-state index in [0.717, 1.165) is 0 Å². The normalized spacial score (nSPS) is 16.5. The van der Waals surface area contributed by atoms with Gasteiger partial charge in [0.15, 0.2) is 0 Å². The molecule has 1 saturated heterocycles. The third kappa shape index (κ3) is 3.39. The number of rotatable bonds is 3. The van der Waals surface area contributed by atoms with Gasteiger partial charge in [-0.3, -0.25) is 14.6 Å². The predicted molar refractivity (Wildman–Crippen MR) is 91.3 cm³/mol. The molecule has 0 spiro atoms. The first-order valence-electron chi connectivity index (χ1n) is 7.29. The van der Waals surface area contributed by atoms with Crippen LogP contribution in [0.15, 0.2) is 48.8 Å². The van der Waals surface area contributed by atoms with Crippen molar-refractivity contribution >= 4 is 29.3 Å². The lowest BCUT2D eigenvalue weighted by atomic mass is 10.2. The van der Waals surface area contributed by atoms with Crippen molar-refractivity contribution in [1.82, 2.24) is 9.88 Å². The Labute approximate surface area is 143 Å². The zero-order valence-electron chi connectivity index (χ0n) is 12.7. The fraction of sp³-hybridized carbons (Fsp3) is 0.176. The molecule has 120 valence electrons. The first kappa shape index (κ1) is 16.0. The zero-order chi connectivity index (χ0) is 16.9. The van der Waals surface area contributed by atoms with Gasteiger partial charge in [0, 0.05) is 29.4 Å². The average Bonchev–Trinajstić information content (AvgIpc) is 3.12. The van der Waals surface area contributed by atoms with Crippen molar-refractivity contribution < 1.29 is 9.59 Å². The Morgan fingerprint density at radius 1 is 1.21 bits per heavy atom. The average molecular weight is 338 g/mol. The van der Waals surface area contributed by atoms with Crippen molar-refractivity contribution in [2.45, 2.75) is 6.04 Å². The molecule has 6 nitrogen and oxygen atoms in total. The summed E-state index contributed by atoms with van der Waals surface area (Å²) in [5.74, 6) is 0.625. The number of carbonyl (C=O) groups is 2. The molecule has 2 aromatic rings. The lowest BCUT2D eigenvalue weighted by Crippen LogP contribution is -2.44. The highest BCUT2D eigenvalue weighted by Crippen LogP contribution is 2.24. The molecule has 0 saturated carbocycles. The third-order valence-electron chi connectivity index (χ3n) is 3.65. The molecule has 1 fully saturated rings. The Kier molecular flexibility index (Phi) is 4.77. The Hall–Kier alpha value is -2.85. The standard InChI is InChI=1S/C17H14N4O2S/c18-9-12-1-3-14(4-2-12)20-16(22)15-10-24-11-21(15)17(23)13-5-7-19-8-6-13/h1-8,15H,10-11H2,(H,20,22)/t15-/m0/s1. The van der Waals surface area contributed by atoms with E-state index in [-0.39, 0.29) is 11.8 Å². The summed E-state index contributed by atoms with van der Waals surface area (Å²) in [5, 5.41) is 11.6. The maximum atomic E-state index is 12.6. The van der Waals surface area contributed by atoms with Crippen molar-refractivity contribution in [3.8, 4) is 6.07 Å². The minimum Gasteiger partial charge on any atom is -0.324 e. The fourth-order valence-electron chi connectivity index (χ4n) is 2.37. The van der Waals surface area contributed by atoms with E-state index in [0.29, 0.717) is 28.4 Å². The molecule has 0 aliphatic carbocycles. The minimum atomic E-state index is -0.522. The van der Waals surface area contributed by atoms with Crippen LogP contribution in [0.5, 0.6) is 0 Å². The summed E-state index contributed by atoms with van der Waals surface area (Å²) in [5.41, 5.74) is 1.65. The van der Waals surface area contributed by atoms with Crippen molar-refractivity contribution in [2.75, 3.05) is 16.9 Å². The van der Waals surface area contributed by atoms with E-state index in [9.17, 15) is 9.59 Å². The maximum absolute atomic E-state index is 12.6. The van der Waals surface area contributed by atoms with E-state index in [1.807, 2.05) is 6.07 Å². The van der Waals surface area contributed by atoms with E-state index >= 15 is 0 Å². The molecule has 0 bridgehead atoms. The van der Waals surface area contributed by atoms with Crippen LogP contribution < -0.4 is 5.32 Å². The third-order valence-corrected chi connectivity index (χ3v) is 4.67. The van der Waals surface area contributed by atoms with Gasteiger partial charge in [-0.1, -0.05) is 0 Å². The van der Waals surface area contributed by atoms with Crippen LogP contribution in [0.4, 0.5) is 5.69 Å². The van der Waals surface area contributed by atoms with Gasteiger partial charge in [0.25, 0.3) is 5.91 Å². The highest BCUT2D eigenvalue weighted by atomic mass is 32.2. The molecule has 1 N–H and O–H groups in total. The minimum absolute atomic E-state index is 0.178. The number of hydrogen-bond acceptors (Lipinski definition) is 5. The predicted octanol–water partition coefficient (Wildman–Crippen LogP) is 2.11. The summed E-state index contributed by atoms with van der Waals surface area (Å²) < 4.78 is 0. The molecule has 1 aliphatic rings. The summed E-state index contributed by atoms with van der Waals surface area (Å²) in [7, 11) is 0. The summed E-state index contributed by atoms with van der Waals surface area (Å²) >= 11 is 1.54. The van der Waals surface area contributed by atoms with Gasteiger partial charge in [-0.15, -0.1) is 11.8 Å². The van der Waals surface area contributed by atoms with Gasteiger partial charge < -0.3 is 10.2 Å². The molecule has 7 heteroatoms. The topological polar surface area (TPSA) is 86.1 Å². The molecule has 3 rings (SSSR count). The number of benzene rings is 1. The summed E-state index contributed by atoms with van der Waals surface area (Å²) in [6, 6.07) is 11.4. The molecule has 1 aromatic heterocycles. The number of nitrogens with one attached hydrogen (secondary N) is 1. The molecule has 2 amide bonds.